The number of hydrogen-bond donors (Lipinski definition) is 1. The Morgan fingerprint density at radius 2 is 2.11 bits per heavy atom. The van der Waals surface area contributed by atoms with Gasteiger partial charge in [-0.25, -0.2) is 0 Å². The predicted octanol–water partition coefficient (Wildman–Crippen LogP) is 1.65. The maximum absolute atomic E-state index is 10.9. The molecule has 98 valence electrons. The molecule has 0 radical (unpaired) electrons. The Balaban J connectivity index is 2.12. The van der Waals surface area contributed by atoms with Crippen molar-refractivity contribution in [3.05, 3.63) is 23.8 Å². The summed E-state index contributed by atoms with van der Waals surface area (Å²) in [5.41, 5.74) is 0.162. The second kappa shape index (κ2) is 4.96. The Bertz CT molecular complexity index is 435. The van der Waals surface area contributed by atoms with Crippen LogP contribution in [-0.4, -0.2) is 31.7 Å². The number of aromatic hydroxyl groups is 1. The van der Waals surface area contributed by atoms with E-state index in [9.17, 15) is 9.90 Å². The molecule has 0 amide bonds. The van der Waals surface area contributed by atoms with Gasteiger partial charge in [-0.05, 0) is 19.1 Å². The number of hydrogen-bond acceptors (Lipinski definition) is 5. The van der Waals surface area contributed by atoms with Crippen LogP contribution in [0.2, 0.25) is 0 Å². The van der Waals surface area contributed by atoms with Crippen LogP contribution in [-0.2, 0) is 14.3 Å². The number of aldehydes is 1. The second-order valence-corrected chi connectivity index (χ2v) is 4.66. The number of benzene rings is 1. The first-order valence-corrected chi connectivity index (χ1v) is 5.64. The molecule has 18 heavy (non-hydrogen) atoms. The third-order valence-electron chi connectivity index (χ3n) is 2.89. The zero-order chi connectivity index (χ0) is 13.2. The molecular formula is C13H16O5. The van der Waals surface area contributed by atoms with Gasteiger partial charge < -0.3 is 24.1 Å². The van der Waals surface area contributed by atoms with Gasteiger partial charge in [-0.15, -0.1) is 0 Å². The van der Waals surface area contributed by atoms with E-state index in [1.165, 1.54) is 13.2 Å². The van der Waals surface area contributed by atoms with Gasteiger partial charge in [0.05, 0.1) is 25.7 Å². The number of phenolic OH excluding ortho intramolecular Hbond substituents is 1. The molecule has 0 bridgehead atoms. The molecule has 0 saturated carbocycles. The van der Waals surface area contributed by atoms with E-state index in [1.54, 1.807) is 19.1 Å². The van der Waals surface area contributed by atoms with E-state index in [4.69, 9.17) is 14.2 Å². The van der Waals surface area contributed by atoms with Gasteiger partial charge in [0.2, 0.25) is 0 Å². The van der Waals surface area contributed by atoms with E-state index >= 15 is 0 Å². The summed E-state index contributed by atoms with van der Waals surface area (Å²) in [5.74, 6) is 0.429. The summed E-state index contributed by atoms with van der Waals surface area (Å²) in [6, 6.07) is 4.88. The number of methoxy groups -OCH3 is 1. The summed E-state index contributed by atoms with van der Waals surface area (Å²) in [6.45, 7) is 2.41. The largest absolute Gasteiger partial charge is 0.504 e. The quantitative estimate of drug-likeness (QED) is 0.829. The first-order valence-electron chi connectivity index (χ1n) is 5.64. The summed E-state index contributed by atoms with van der Waals surface area (Å²) < 4.78 is 16.1. The fraction of sp³-hybridized carbons (Fsp3) is 0.462. The normalized spacial score (nSPS) is 27.8. The Labute approximate surface area is 105 Å². The van der Waals surface area contributed by atoms with Crippen molar-refractivity contribution < 1.29 is 24.1 Å². The average Bonchev–Trinajstić information content (AvgIpc) is 2.40. The summed E-state index contributed by atoms with van der Waals surface area (Å²) in [4.78, 5) is 10.9. The molecule has 1 saturated heterocycles. The fourth-order valence-corrected chi connectivity index (χ4v) is 1.72. The maximum atomic E-state index is 10.9. The van der Waals surface area contributed by atoms with Gasteiger partial charge in [0, 0.05) is 5.56 Å². The van der Waals surface area contributed by atoms with Gasteiger partial charge >= 0.3 is 0 Å². The lowest BCUT2D eigenvalue weighted by molar-refractivity contribution is -0.223. The Morgan fingerprint density at radius 3 is 2.67 bits per heavy atom. The summed E-state index contributed by atoms with van der Waals surface area (Å²) in [7, 11) is 1.48. The van der Waals surface area contributed by atoms with E-state index in [1.807, 2.05) is 0 Å². The van der Waals surface area contributed by atoms with Crippen LogP contribution in [0, 0.1) is 5.41 Å². The number of ether oxygens (including phenoxy) is 3. The molecule has 1 aliphatic heterocycles. The molecule has 1 N–H and O–H groups in total. The number of carbonyl (C=O) groups excluding carboxylic acids is 1. The van der Waals surface area contributed by atoms with Gasteiger partial charge in [-0.3, -0.25) is 0 Å². The van der Waals surface area contributed by atoms with Crippen LogP contribution in [0.3, 0.4) is 0 Å². The molecular weight excluding hydrogens is 236 g/mol. The molecule has 1 heterocycles. The van der Waals surface area contributed by atoms with Gasteiger partial charge in [-0.1, -0.05) is 6.07 Å². The third kappa shape index (κ3) is 2.47. The lowest BCUT2D eigenvalue weighted by atomic mass is 9.94. The molecule has 0 aliphatic carbocycles. The van der Waals surface area contributed by atoms with Crippen LogP contribution < -0.4 is 4.74 Å². The predicted molar refractivity (Wildman–Crippen MR) is 63.5 cm³/mol. The Kier molecular flexibility index (Phi) is 3.54. The highest BCUT2D eigenvalue weighted by molar-refractivity contribution is 5.59. The smallest absolute Gasteiger partial charge is 0.184 e. The highest BCUT2D eigenvalue weighted by Gasteiger charge is 2.33. The van der Waals surface area contributed by atoms with E-state index in [-0.39, 0.29) is 5.75 Å². The number of carbonyl (C=O) groups is 1. The highest BCUT2D eigenvalue weighted by atomic mass is 16.7. The lowest BCUT2D eigenvalue weighted by Gasteiger charge is -2.33. The van der Waals surface area contributed by atoms with Crippen LogP contribution in [0.1, 0.15) is 18.8 Å². The van der Waals surface area contributed by atoms with Crippen molar-refractivity contribution >= 4 is 6.29 Å². The summed E-state index contributed by atoms with van der Waals surface area (Å²) in [5, 5.41) is 9.50. The highest BCUT2D eigenvalue weighted by Crippen LogP contribution is 2.34. The van der Waals surface area contributed by atoms with Crippen LogP contribution >= 0.6 is 0 Å². The molecule has 0 atom stereocenters. The molecule has 1 aromatic rings. The van der Waals surface area contributed by atoms with Gasteiger partial charge in [0.1, 0.15) is 6.29 Å². The summed E-state index contributed by atoms with van der Waals surface area (Å²) >= 11 is 0. The molecule has 2 rings (SSSR count). The zero-order valence-corrected chi connectivity index (χ0v) is 10.4. The van der Waals surface area contributed by atoms with Gasteiger partial charge in [0.15, 0.2) is 17.8 Å². The van der Waals surface area contributed by atoms with Gasteiger partial charge in [-0.2, -0.15) is 0 Å². The van der Waals surface area contributed by atoms with E-state index in [0.29, 0.717) is 19.0 Å². The van der Waals surface area contributed by atoms with Crippen molar-refractivity contribution in [1.82, 2.24) is 0 Å². The fourth-order valence-electron chi connectivity index (χ4n) is 1.72. The van der Waals surface area contributed by atoms with Crippen molar-refractivity contribution in [2.75, 3.05) is 20.3 Å². The lowest BCUT2D eigenvalue weighted by Crippen LogP contribution is -2.37. The molecule has 1 aliphatic rings. The third-order valence-corrected chi connectivity index (χ3v) is 2.89. The minimum Gasteiger partial charge on any atom is -0.504 e. The first-order chi connectivity index (χ1) is 8.58. The SMILES string of the molecule is COc1cc(C2OCC(C)(C=O)CO2)ccc1O. The second-order valence-electron chi connectivity index (χ2n) is 4.66. The molecule has 0 aromatic heterocycles. The molecule has 0 spiro atoms. The standard InChI is InChI=1S/C13H16O5/c1-13(6-14)7-17-12(18-8-13)9-3-4-10(15)11(5-9)16-2/h3-6,12,15H,7-8H2,1-2H3. The number of rotatable bonds is 3. The molecule has 5 heteroatoms. The van der Waals surface area contributed by atoms with Crippen molar-refractivity contribution in [2.45, 2.75) is 13.2 Å². The zero-order valence-electron chi connectivity index (χ0n) is 10.4. The molecule has 5 nitrogen and oxygen atoms in total. The van der Waals surface area contributed by atoms with E-state index in [2.05, 4.69) is 0 Å². The Hall–Kier alpha value is -1.59. The van der Waals surface area contributed by atoms with E-state index < -0.39 is 11.7 Å². The van der Waals surface area contributed by atoms with Crippen LogP contribution in [0.5, 0.6) is 11.5 Å². The molecule has 1 aromatic carbocycles. The topological polar surface area (TPSA) is 65.0 Å². The minimum absolute atomic E-state index is 0.0646. The van der Waals surface area contributed by atoms with Crippen LogP contribution in [0.4, 0.5) is 0 Å². The van der Waals surface area contributed by atoms with Crippen molar-refractivity contribution in [3.63, 3.8) is 0 Å². The van der Waals surface area contributed by atoms with Crippen LogP contribution in [0.25, 0.3) is 0 Å². The first kappa shape index (κ1) is 12.9. The van der Waals surface area contributed by atoms with E-state index in [0.717, 1.165) is 11.8 Å². The average molecular weight is 252 g/mol. The maximum Gasteiger partial charge on any atom is 0.184 e. The summed E-state index contributed by atoms with van der Waals surface area (Å²) in [6.07, 6.45) is 0.313. The molecule has 0 unspecified atom stereocenters. The number of phenols is 1. The van der Waals surface area contributed by atoms with Crippen molar-refractivity contribution in [3.8, 4) is 11.5 Å². The van der Waals surface area contributed by atoms with Crippen molar-refractivity contribution in [1.29, 1.82) is 0 Å². The minimum atomic E-state index is -0.586. The molecule has 1 fully saturated rings. The van der Waals surface area contributed by atoms with Crippen molar-refractivity contribution in [2.24, 2.45) is 5.41 Å². The van der Waals surface area contributed by atoms with Crippen LogP contribution in [0.15, 0.2) is 18.2 Å². The Morgan fingerprint density at radius 1 is 1.44 bits per heavy atom. The van der Waals surface area contributed by atoms with Gasteiger partial charge in [0.25, 0.3) is 0 Å². The monoisotopic (exact) mass is 252 g/mol.